The first-order valence-electron chi connectivity index (χ1n) is 6.04. The average Bonchev–Trinajstić information content (AvgIpc) is 2.41. The van der Waals surface area contributed by atoms with E-state index in [4.69, 9.17) is 0 Å². The smallest absolute Gasteiger partial charge is 0.256 e. The molecule has 1 N–H and O–H groups in total. The van der Waals surface area contributed by atoms with Crippen molar-refractivity contribution in [1.29, 1.82) is 0 Å². The molecule has 1 aliphatic rings. The summed E-state index contributed by atoms with van der Waals surface area (Å²) in [6.45, 7) is 1.34. The van der Waals surface area contributed by atoms with Crippen molar-refractivity contribution in [3.63, 3.8) is 0 Å². The second-order valence-electron chi connectivity index (χ2n) is 4.48. The number of piperidine rings is 1. The second-order valence-corrected chi connectivity index (χ2v) is 5.33. The fourth-order valence-corrected chi connectivity index (χ4v) is 2.60. The van der Waals surface area contributed by atoms with Crippen molar-refractivity contribution in [2.24, 2.45) is 0 Å². The Morgan fingerprint density at radius 2 is 2.33 bits per heavy atom. The molecular weight excluding hydrogens is 299 g/mol. The molecule has 0 aromatic heterocycles. The van der Waals surface area contributed by atoms with Crippen LogP contribution in [0.15, 0.2) is 22.7 Å². The zero-order chi connectivity index (χ0) is 13.1. The predicted octanol–water partition coefficient (Wildman–Crippen LogP) is 2.41. The molecule has 0 radical (unpaired) electrons. The highest BCUT2D eigenvalue weighted by molar-refractivity contribution is 9.10. The third-order valence-corrected chi connectivity index (χ3v) is 3.91. The lowest BCUT2D eigenvalue weighted by Crippen LogP contribution is -2.47. The van der Waals surface area contributed by atoms with Crippen LogP contribution in [-0.2, 0) is 0 Å². The minimum Gasteiger partial charge on any atom is -0.337 e. The summed E-state index contributed by atoms with van der Waals surface area (Å²) in [6.07, 6.45) is 2.01. The zero-order valence-electron chi connectivity index (χ0n) is 10.2. The van der Waals surface area contributed by atoms with Crippen LogP contribution in [0.1, 0.15) is 23.2 Å². The summed E-state index contributed by atoms with van der Waals surface area (Å²) in [5, 5.41) is 3.17. The fourth-order valence-electron chi connectivity index (χ4n) is 2.24. The monoisotopic (exact) mass is 314 g/mol. The number of benzene rings is 1. The molecule has 1 aliphatic heterocycles. The third kappa shape index (κ3) is 2.72. The maximum Gasteiger partial charge on any atom is 0.256 e. The van der Waals surface area contributed by atoms with Gasteiger partial charge in [-0.1, -0.05) is 6.07 Å². The number of nitrogens with zero attached hydrogens (tertiary/aromatic N) is 1. The standard InChI is InChI=1S/C13H16BrFN2O/c1-16-9-4-3-7-17(8-9)13(18)10-5-2-6-11(14)12(10)15/h2,5-6,9,16H,3-4,7-8H2,1H3. The minimum absolute atomic E-state index is 0.140. The summed E-state index contributed by atoms with van der Waals surface area (Å²) in [7, 11) is 1.89. The number of halogens is 2. The number of carbonyl (C=O) groups is 1. The SMILES string of the molecule is CNC1CCCN(C(=O)c2cccc(Br)c2F)C1. The largest absolute Gasteiger partial charge is 0.337 e. The number of hydrogen-bond donors (Lipinski definition) is 1. The van der Waals surface area contributed by atoms with Gasteiger partial charge in [0.2, 0.25) is 0 Å². The van der Waals surface area contributed by atoms with Gasteiger partial charge in [-0.05, 0) is 48.0 Å². The minimum atomic E-state index is -0.478. The lowest BCUT2D eigenvalue weighted by molar-refractivity contribution is 0.0693. The summed E-state index contributed by atoms with van der Waals surface area (Å²) in [5.74, 6) is -0.706. The van der Waals surface area contributed by atoms with Crippen LogP contribution in [0.5, 0.6) is 0 Å². The van der Waals surface area contributed by atoms with Gasteiger partial charge < -0.3 is 10.2 Å². The molecule has 18 heavy (non-hydrogen) atoms. The molecule has 1 fully saturated rings. The van der Waals surface area contributed by atoms with Gasteiger partial charge in [0.25, 0.3) is 5.91 Å². The molecule has 1 saturated heterocycles. The number of carbonyl (C=O) groups excluding carboxylic acids is 1. The Hall–Kier alpha value is -0.940. The Balaban J connectivity index is 2.18. The molecule has 3 nitrogen and oxygen atoms in total. The van der Waals surface area contributed by atoms with Crippen molar-refractivity contribution in [3.8, 4) is 0 Å². The van der Waals surface area contributed by atoms with E-state index >= 15 is 0 Å². The normalized spacial score (nSPS) is 19.9. The van der Waals surface area contributed by atoms with Crippen LogP contribution >= 0.6 is 15.9 Å². The summed E-state index contributed by atoms with van der Waals surface area (Å²) in [4.78, 5) is 14.0. The van der Waals surface area contributed by atoms with Gasteiger partial charge >= 0.3 is 0 Å². The lowest BCUT2D eigenvalue weighted by Gasteiger charge is -2.32. The quantitative estimate of drug-likeness (QED) is 0.909. The number of hydrogen-bond acceptors (Lipinski definition) is 2. The van der Waals surface area contributed by atoms with E-state index < -0.39 is 5.82 Å². The number of likely N-dealkylation sites (N-methyl/N-ethyl adjacent to an activating group) is 1. The van der Waals surface area contributed by atoms with Gasteiger partial charge in [0.1, 0.15) is 5.82 Å². The second kappa shape index (κ2) is 5.80. The average molecular weight is 315 g/mol. The highest BCUT2D eigenvalue weighted by Gasteiger charge is 2.25. The van der Waals surface area contributed by atoms with Crippen molar-refractivity contribution in [3.05, 3.63) is 34.1 Å². The summed E-state index contributed by atoms with van der Waals surface area (Å²) < 4.78 is 14.2. The van der Waals surface area contributed by atoms with E-state index in [-0.39, 0.29) is 11.5 Å². The molecular formula is C13H16BrFN2O. The van der Waals surface area contributed by atoms with E-state index in [0.29, 0.717) is 23.6 Å². The van der Waals surface area contributed by atoms with Crippen LogP contribution in [0.4, 0.5) is 4.39 Å². The van der Waals surface area contributed by atoms with Crippen molar-refractivity contribution in [2.45, 2.75) is 18.9 Å². The highest BCUT2D eigenvalue weighted by Crippen LogP contribution is 2.21. The molecule has 2 rings (SSSR count). The van der Waals surface area contributed by atoms with Crippen LogP contribution in [0, 0.1) is 5.82 Å². The Labute approximate surface area is 114 Å². The van der Waals surface area contributed by atoms with Crippen molar-refractivity contribution < 1.29 is 9.18 Å². The molecule has 1 aromatic carbocycles. The van der Waals surface area contributed by atoms with Crippen LogP contribution in [-0.4, -0.2) is 37.0 Å². The number of amides is 1. The summed E-state index contributed by atoms with van der Waals surface area (Å²) in [5.41, 5.74) is 0.140. The van der Waals surface area contributed by atoms with Crippen LogP contribution < -0.4 is 5.32 Å². The summed E-state index contributed by atoms with van der Waals surface area (Å²) in [6, 6.07) is 5.11. The Morgan fingerprint density at radius 1 is 1.56 bits per heavy atom. The van der Waals surface area contributed by atoms with Crippen molar-refractivity contribution >= 4 is 21.8 Å². The van der Waals surface area contributed by atoms with Gasteiger partial charge in [0.05, 0.1) is 10.0 Å². The van der Waals surface area contributed by atoms with Crippen LogP contribution in [0.3, 0.4) is 0 Å². The molecule has 0 aliphatic carbocycles. The number of nitrogens with one attached hydrogen (secondary N) is 1. The molecule has 1 aromatic rings. The lowest BCUT2D eigenvalue weighted by atomic mass is 10.0. The Morgan fingerprint density at radius 3 is 3.06 bits per heavy atom. The molecule has 1 atom stereocenters. The molecule has 1 unspecified atom stereocenters. The van der Waals surface area contributed by atoms with Crippen LogP contribution in [0.2, 0.25) is 0 Å². The van der Waals surface area contributed by atoms with Crippen molar-refractivity contribution in [1.82, 2.24) is 10.2 Å². The Kier molecular flexibility index (Phi) is 4.35. The number of likely N-dealkylation sites (tertiary alicyclic amines) is 1. The van der Waals surface area contributed by atoms with E-state index in [9.17, 15) is 9.18 Å². The fraction of sp³-hybridized carbons (Fsp3) is 0.462. The highest BCUT2D eigenvalue weighted by atomic mass is 79.9. The first-order chi connectivity index (χ1) is 8.63. The number of rotatable bonds is 2. The van der Waals surface area contributed by atoms with E-state index in [2.05, 4.69) is 21.2 Å². The van der Waals surface area contributed by atoms with Crippen molar-refractivity contribution in [2.75, 3.05) is 20.1 Å². The van der Waals surface area contributed by atoms with E-state index in [0.717, 1.165) is 12.8 Å². The molecule has 1 amide bonds. The zero-order valence-corrected chi connectivity index (χ0v) is 11.8. The molecule has 5 heteroatoms. The molecule has 0 saturated carbocycles. The maximum atomic E-state index is 13.9. The Bertz CT molecular complexity index is 453. The van der Waals surface area contributed by atoms with Gasteiger partial charge in [-0.25, -0.2) is 4.39 Å². The van der Waals surface area contributed by atoms with Crippen LogP contribution in [0.25, 0.3) is 0 Å². The first-order valence-corrected chi connectivity index (χ1v) is 6.83. The maximum absolute atomic E-state index is 13.9. The molecule has 1 heterocycles. The molecule has 0 bridgehead atoms. The van der Waals surface area contributed by atoms with Gasteiger partial charge in [-0.15, -0.1) is 0 Å². The predicted molar refractivity (Wildman–Crippen MR) is 72.1 cm³/mol. The first kappa shape index (κ1) is 13.5. The summed E-state index contributed by atoms with van der Waals surface area (Å²) >= 11 is 3.11. The van der Waals surface area contributed by atoms with E-state index in [1.165, 1.54) is 6.07 Å². The van der Waals surface area contributed by atoms with E-state index in [1.807, 2.05) is 7.05 Å². The van der Waals surface area contributed by atoms with Gasteiger partial charge in [0, 0.05) is 19.1 Å². The van der Waals surface area contributed by atoms with E-state index in [1.54, 1.807) is 17.0 Å². The van der Waals surface area contributed by atoms with Gasteiger partial charge in [-0.3, -0.25) is 4.79 Å². The molecule has 98 valence electrons. The molecule has 0 spiro atoms. The van der Waals surface area contributed by atoms with Gasteiger partial charge in [0.15, 0.2) is 0 Å². The van der Waals surface area contributed by atoms with Gasteiger partial charge in [-0.2, -0.15) is 0 Å². The third-order valence-electron chi connectivity index (χ3n) is 3.30. The topological polar surface area (TPSA) is 32.3 Å².